The molecule has 1 atom stereocenters. The molecular weight excluding hydrogens is 444 g/mol. The van der Waals surface area contributed by atoms with E-state index in [9.17, 15) is 9.59 Å². The van der Waals surface area contributed by atoms with Crippen LogP contribution in [0.2, 0.25) is 0 Å². The van der Waals surface area contributed by atoms with Crippen LogP contribution in [0.3, 0.4) is 0 Å². The predicted molar refractivity (Wildman–Crippen MR) is 139 cm³/mol. The van der Waals surface area contributed by atoms with Crippen molar-refractivity contribution in [2.45, 2.75) is 25.3 Å². The van der Waals surface area contributed by atoms with Gasteiger partial charge in [0.2, 0.25) is 5.91 Å². The highest BCUT2D eigenvalue weighted by atomic mass is 32.1. The largest absolute Gasteiger partial charge is 0.397 e. The molecule has 0 saturated carbocycles. The smallest absolute Gasteiger partial charge is 0.265 e. The minimum Gasteiger partial charge on any atom is -0.397 e. The van der Waals surface area contributed by atoms with Gasteiger partial charge >= 0.3 is 0 Å². The van der Waals surface area contributed by atoms with Gasteiger partial charge < -0.3 is 21.7 Å². The second-order valence-electron chi connectivity index (χ2n) is 8.48. The number of carbonyl (C=O) groups is 2. The van der Waals surface area contributed by atoms with Gasteiger partial charge in [0.15, 0.2) is 0 Å². The lowest BCUT2D eigenvalue weighted by Gasteiger charge is -2.26. The molecule has 7 heteroatoms. The Morgan fingerprint density at radius 3 is 2.68 bits per heavy atom. The molecule has 1 aliphatic rings. The van der Waals surface area contributed by atoms with Crippen molar-refractivity contribution in [3.05, 3.63) is 88.8 Å². The Hall–Kier alpha value is -3.68. The van der Waals surface area contributed by atoms with Crippen LogP contribution in [0, 0.1) is 0 Å². The van der Waals surface area contributed by atoms with Crippen LogP contribution < -0.4 is 21.7 Å². The fourth-order valence-electron chi connectivity index (χ4n) is 4.41. The van der Waals surface area contributed by atoms with Crippen LogP contribution in [-0.4, -0.2) is 18.4 Å². The van der Waals surface area contributed by atoms with Crippen LogP contribution in [0.15, 0.2) is 72.8 Å². The maximum absolute atomic E-state index is 12.7. The number of para-hydroxylation sites is 2. The maximum atomic E-state index is 12.7. The molecule has 34 heavy (non-hydrogen) atoms. The van der Waals surface area contributed by atoms with Crippen LogP contribution in [0.5, 0.6) is 0 Å². The van der Waals surface area contributed by atoms with Gasteiger partial charge in [-0.15, -0.1) is 11.3 Å². The quantitative estimate of drug-likeness (QED) is 0.286. The number of fused-ring (bicyclic) bond motifs is 2. The van der Waals surface area contributed by atoms with Crippen LogP contribution in [0.25, 0.3) is 10.1 Å². The van der Waals surface area contributed by atoms with E-state index in [1.54, 1.807) is 12.1 Å². The highest BCUT2D eigenvalue weighted by Gasteiger charge is 2.20. The third-order valence-electron chi connectivity index (χ3n) is 6.11. The van der Waals surface area contributed by atoms with Crippen LogP contribution in [0.4, 0.5) is 17.1 Å². The van der Waals surface area contributed by atoms with Gasteiger partial charge in [0.25, 0.3) is 5.91 Å². The molecule has 1 unspecified atom stereocenters. The van der Waals surface area contributed by atoms with E-state index in [2.05, 4.69) is 40.2 Å². The molecule has 2 amide bonds. The Morgan fingerprint density at radius 2 is 1.79 bits per heavy atom. The van der Waals surface area contributed by atoms with Gasteiger partial charge in [-0.1, -0.05) is 36.4 Å². The summed E-state index contributed by atoms with van der Waals surface area (Å²) in [5.41, 5.74) is 10.4. The molecule has 0 spiro atoms. The molecule has 5 N–H and O–H groups in total. The van der Waals surface area contributed by atoms with Crippen molar-refractivity contribution in [1.82, 2.24) is 5.32 Å². The van der Waals surface area contributed by atoms with Gasteiger partial charge in [0, 0.05) is 16.4 Å². The first-order valence-electron chi connectivity index (χ1n) is 11.4. The summed E-state index contributed by atoms with van der Waals surface area (Å²) in [5.74, 6) is -0.295. The van der Waals surface area contributed by atoms with Crippen molar-refractivity contribution in [2.24, 2.45) is 0 Å². The number of amides is 2. The molecule has 0 bridgehead atoms. The van der Waals surface area contributed by atoms with E-state index in [1.807, 2.05) is 36.4 Å². The van der Waals surface area contributed by atoms with Gasteiger partial charge in [-0.25, -0.2) is 0 Å². The Bertz CT molecular complexity index is 1360. The van der Waals surface area contributed by atoms with E-state index in [1.165, 1.54) is 22.5 Å². The number of nitrogen functional groups attached to an aromatic ring is 1. The lowest BCUT2D eigenvalue weighted by atomic mass is 9.88. The number of nitrogens with one attached hydrogen (secondary N) is 3. The number of aryl methyl sites for hydroxylation is 1. The topological polar surface area (TPSA) is 96.2 Å². The number of carbonyl (C=O) groups excluding carboxylic acids is 2. The fraction of sp³-hybridized carbons (Fsp3) is 0.185. The van der Waals surface area contributed by atoms with E-state index in [0.29, 0.717) is 21.9 Å². The van der Waals surface area contributed by atoms with Gasteiger partial charge in [-0.05, 0) is 72.2 Å². The average Bonchev–Trinajstić information content (AvgIpc) is 3.28. The van der Waals surface area contributed by atoms with Gasteiger partial charge in [-0.3, -0.25) is 9.59 Å². The molecule has 1 heterocycles. The molecule has 3 aromatic carbocycles. The molecule has 6 nitrogen and oxygen atoms in total. The van der Waals surface area contributed by atoms with E-state index < -0.39 is 0 Å². The summed E-state index contributed by atoms with van der Waals surface area (Å²) in [6.07, 6.45) is 3.25. The monoisotopic (exact) mass is 470 g/mol. The van der Waals surface area contributed by atoms with Crippen molar-refractivity contribution in [3.8, 4) is 0 Å². The summed E-state index contributed by atoms with van der Waals surface area (Å²) in [5, 5.41) is 10.1. The molecule has 0 saturated heterocycles. The van der Waals surface area contributed by atoms with Crippen LogP contribution in [0.1, 0.15) is 39.7 Å². The highest BCUT2D eigenvalue weighted by Crippen LogP contribution is 2.30. The fourth-order valence-corrected chi connectivity index (χ4v) is 5.35. The second-order valence-corrected chi connectivity index (χ2v) is 9.56. The highest BCUT2D eigenvalue weighted by molar-refractivity contribution is 7.20. The third-order valence-corrected chi connectivity index (χ3v) is 7.23. The van der Waals surface area contributed by atoms with Crippen molar-refractivity contribution >= 4 is 50.3 Å². The van der Waals surface area contributed by atoms with Gasteiger partial charge in [-0.2, -0.15) is 0 Å². The minimum absolute atomic E-state index is 0.0878. The first-order chi connectivity index (χ1) is 16.6. The molecular formula is C27H26N4O2S. The normalized spacial score (nSPS) is 15.0. The van der Waals surface area contributed by atoms with E-state index in [0.717, 1.165) is 29.3 Å². The zero-order chi connectivity index (χ0) is 23.5. The zero-order valence-corrected chi connectivity index (χ0v) is 19.5. The van der Waals surface area contributed by atoms with Crippen molar-refractivity contribution in [1.29, 1.82) is 0 Å². The number of anilines is 3. The van der Waals surface area contributed by atoms with E-state index in [4.69, 9.17) is 5.73 Å². The Balaban J connectivity index is 1.22. The average molecular weight is 471 g/mol. The Labute approximate surface area is 202 Å². The van der Waals surface area contributed by atoms with Gasteiger partial charge in [0.05, 0.1) is 22.8 Å². The minimum atomic E-state index is -0.207. The SMILES string of the molecule is Nc1ccccc1NC(=O)c1cc2cc(NC(=O)CNC3CCCc4ccccc43)ccc2s1. The third kappa shape index (κ3) is 4.81. The Morgan fingerprint density at radius 1 is 0.971 bits per heavy atom. The zero-order valence-electron chi connectivity index (χ0n) is 18.6. The summed E-state index contributed by atoms with van der Waals surface area (Å²) in [6.45, 7) is 0.243. The number of benzene rings is 3. The lowest BCUT2D eigenvalue weighted by Crippen LogP contribution is -2.33. The van der Waals surface area contributed by atoms with Crippen molar-refractivity contribution in [3.63, 3.8) is 0 Å². The lowest BCUT2D eigenvalue weighted by molar-refractivity contribution is -0.115. The second kappa shape index (κ2) is 9.67. The molecule has 0 aliphatic heterocycles. The predicted octanol–water partition coefficient (Wildman–Crippen LogP) is 5.34. The molecule has 4 aromatic rings. The number of hydrogen-bond donors (Lipinski definition) is 4. The molecule has 0 radical (unpaired) electrons. The number of nitrogens with two attached hydrogens (primary N) is 1. The molecule has 0 fully saturated rings. The number of thiophene rings is 1. The number of hydrogen-bond acceptors (Lipinski definition) is 5. The standard InChI is InChI=1S/C27H26N4O2S/c28-21-9-3-4-10-23(21)31-27(33)25-15-18-14-19(12-13-24(18)34-25)30-26(32)16-29-22-11-5-7-17-6-1-2-8-20(17)22/h1-4,6,8-10,12-15,22,29H,5,7,11,16,28H2,(H,30,32)(H,31,33). The summed E-state index contributed by atoms with van der Waals surface area (Å²) >= 11 is 1.40. The molecule has 5 rings (SSSR count). The van der Waals surface area contributed by atoms with Crippen molar-refractivity contribution < 1.29 is 9.59 Å². The summed E-state index contributed by atoms with van der Waals surface area (Å²) in [7, 11) is 0. The summed E-state index contributed by atoms with van der Waals surface area (Å²) in [4.78, 5) is 25.9. The molecule has 172 valence electrons. The first-order valence-corrected chi connectivity index (χ1v) is 12.2. The number of rotatable bonds is 6. The van der Waals surface area contributed by atoms with Crippen LogP contribution >= 0.6 is 11.3 Å². The van der Waals surface area contributed by atoms with Crippen LogP contribution in [-0.2, 0) is 11.2 Å². The molecule has 1 aromatic heterocycles. The van der Waals surface area contributed by atoms with Crippen molar-refractivity contribution in [2.75, 3.05) is 22.9 Å². The summed E-state index contributed by atoms with van der Waals surface area (Å²) < 4.78 is 0.973. The van der Waals surface area contributed by atoms with Gasteiger partial charge in [0.1, 0.15) is 0 Å². The maximum Gasteiger partial charge on any atom is 0.265 e. The summed E-state index contributed by atoms with van der Waals surface area (Å²) in [6, 6.07) is 23.3. The molecule has 1 aliphatic carbocycles. The van der Waals surface area contributed by atoms with E-state index in [-0.39, 0.29) is 24.4 Å². The Kier molecular flexibility index (Phi) is 6.29. The first kappa shape index (κ1) is 22.1. The van der Waals surface area contributed by atoms with E-state index >= 15 is 0 Å².